The Bertz CT molecular complexity index is 1270. The maximum absolute atomic E-state index is 13.5. The molecule has 3 aliphatic rings. The Morgan fingerprint density at radius 2 is 1.66 bits per heavy atom. The number of ether oxygens (including phenoxy) is 1. The molecule has 2 aromatic rings. The summed E-state index contributed by atoms with van der Waals surface area (Å²) in [6.07, 6.45) is 0.0336. The minimum atomic E-state index is -3.95. The molecule has 0 aliphatic heterocycles. The quantitative estimate of drug-likeness (QED) is 0.552. The van der Waals surface area contributed by atoms with Gasteiger partial charge in [0.05, 0.1) is 22.3 Å². The van der Waals surface area contributed by atoms with Crippen molar-refractivity contribution in [1.29, 1.82) is 0 Å². The number of fused-ring (bicyclic) bond motifs is 2. The molecule has 2 N–H and O–H groups in total. The Labute approximate surface area is 204 Å². The number of methoxy groups -OCH3 is 1. The van der Waals surface area contributed by atoms with Gasteiger partial charge in [0.25, 0.3) is 5.91 Å². The summed E-state index contributed by atoms with van der Waals surface area (Å²) in [5, 5.41) is 4.15. The van der Waals surface area contributed by atoms with E-state index in [2.05, 4.69) is 15.4 Å². The zero-order valence-corrected chi connectivity index (χ0v) is 20.2. The van der Waals surface area contributed by atoms with Crippen LogP contribution in [-0.4, -0.2) is 38.8 Å². The van der Waals surface area contributed by atoms with E-state index in [9.17, 15) is 31.2 Å². The number of alkyl carbamates (subject to hydrolysis) is 1. The molecule has 3 fully saturated rings. The van der Waals surface area contributed by atoms with Crippen LogP contribution >= 0.6 is 11.6 Å². The fourth-order valence-electron chi connectivity index (χ4n) is 5.11. The Balaban J connectivity index is 1.55. The molecule has 2 amide bonds. The van der Waals surface area contributed by atoms with Crippen LogP contribution in [0.4, 0.5) is 23.7 Å². The number of hydrogen-bond acceptors (Lipinski definition) is 5. The average Bonchev–Trinajstić information content (AvgIpc) is 2.82. The molecule has 0 saturated heterocycles. The lowest BCUT2D eigenvalue weighted by atomic mass is 9.54. The molecule has 0 aromatic heterocycles. The zero-order chi connectivity index (χ0) is 25.7. The second-order valence-corrected chi connectivity index (χ2v) is 11.4. The maximum atomic E-state index is 13.5. The Hall–Kier alpha value is -2.79. The molecule has 0 spiro atoms. The first-order valence-electron chi connectivity index (χ1n) is 10.8. The predicted molar refractivity (Wildman–Crippen MR) is 121 cm³/mol. The van der Waals surface area contributed by atoms with Gasteiger partial charge >= 0.3 is 6.09 Å². The molecule has 7 nitrogen and oxygen atoms in total. The number of nitrogens with one attached hydrogen (secondary N) is 2. The summed E-state index contributed by atoms with van der Waals surface area (Å²) in [4.78, 5) is 24.0. The lowest BCUT2D eigenvalue weighted by Crippen LogP contribution is -2.64. The lowest BCUT2D eigenvalue weighted by Gasteiger charge is -2.56. The van der Waals surface area contributed by atoms with Gasteiger partial charge in [-0.15, -0.1) is 0 Å². The van der Waals surface area contributed by atoms with Crippen LogP contribution in [0.1, 0.15) is 30.1 Å². The third-order valence-corrected chi connectivity index (χ3v) is 9.65. The number of sulfone groups is 1. The van der Waals surface area contributed by atoms with Crippen LogP contribution in [0.3, 0.4) is 0 Å². The van der Waals surface area contributed by atoms with Gasteiger partial charge in [0, 0.05) is 29.4 Å². The molecular weight excluding hydrogens is 509 g/mol. The molecule has 5 rings (SSSR count). The fraction of sp³-hybridized carbons (Fsp3) is 0.391. The van der Waals surface area contributed by atoms with E-state index < -0.39 is 44.5 Å². The van der Waals surface area contributed by atoms with E-state index in [1.807, 2.05) is 6.92 Å². The molecule has 188 valence electrons. The third-order valence-electron chi connectivity index (χ3n) is 6.99. The van der Waals surface area contributed by atoms with Crippen molar-refractivity contribution in [2.24, 2.45) is 17.8 Å². The van der Waals surface area contributed by atoms with Gasteiger partial charge in [-0.1, -0.05) is 18.5 Å². The number of benzene rings is 2. The first-order valence-corrected chi connectivity index (χ1v) is 12.7. The van der Waals surface area contributed by atoms with E-state index in [1.54, 1.807) is 0 Å². The van der Waals surface area contributed by atoms with Crippen LogP contribution in [-0.2, 0) is 14.6 Å². The molecule has 0 radical (unpaired) electrons. The summed E-state index contributed by atoms with van der Waals surface area (Å²) in [5.74, 6) is -5.37. The van der Waals surface area contributed by atoms with Crippen molar-refractivity contribution in [3.05, 3.63) is 58.4 Å². The smallest absolute Gasteiger partial charge is 0.407 e. The van der Waals surface area contributed by atoms with Crippen molar-refractivity contribution in [2.45, 2.75) is 36.0 Å². The van der Waals surface area contributed by atoms with Crippen LogP contribution in [0.15, 0.2) is 35.2 Å². The van der Waals surface area contributed by atoms with E-state index in [-0.39, 0.29) is 45.0 Å². The van der Waals surface area contributed by atoms with Crippen molar-refractivity contribution in [3.8, 4) is 0 Å². The second kappa shape index (κ2) is 9.34. The van der Waals surface area contributed by atoms with E-state index in [0.29, 0.717) is 25.0 Å². The van der Waals surface area contributed by atoms with Gasteiger partial charge < -0.3 is 15.4 Å². The van der Waals surface area contributed by atoms with Gasteiger partial charge in [-0.25, -0.2) is 26.4 Å². The Morgan fingerprint density at radius 3 is 2.23 bits per heavy atom. The first kappa shape index (κ1) is 25.3. The fourth-order valence-corrected chi connectivity index (χ4v) is 7.49. The molecule has 3 saturated carbocycles. The molecule has 2 atom stereocenters. The summed E-state index contributed by atoms with van der Waals surface area (Å²) in [6.45, 7) is 2.01. The number of rotatable bonds is 5. The molecule has 2 bridgehead atoms. The van der Waals surface area contributed by atoms with Crippen LogP contribution in [0.5, 0.6) is 0 Å². The summed E-state index contributed by atoms with van der Waals surface area (Å²) < 4.78 is 71.6. The number of anilines is 1. The lowest BCUT2D eigenvalue weighted by molar-refractivity contribution is -0.0202. The largest absolute Gasteiger partial charge is 0.453 e. The van der Waals surface area contributed by atoms with E-state index in [0.717, 1.165) is 6.07 Å². The molecular formula is C23H22ClF3N2O5S. The van der Waals surface area contributed by atoms with Crippen LogP contribution in [0.2, 0.25) is 5.02 Å². The summed E-state index contributed by atoms with van der Waals surface area (Å²) in [7, 11) is -2.69. The van der Waals surface area contributed by atoms with E-state index in [4.69, 9.17) is 11.6 Å². The van der Waals surface area contributed by atoms with Gasteiger partial charge in [0.15, 0.2) is 27.3 Å². The average molecular weight is 531 g/mol. The highest BCUT2D eigenvalue weighted by Gasteiger charge is 2.56. The van der Waals surface area contributed by atoms with Crippen LogP contribution in [0.25, 0.3) is 0 Å². The van der Waals surface area contributed by atoms with Crippen LogP contribution in [0, 0.1) is 35.2 Å². The summed E-state index contributed by atoms with van der Waals surface area (Å²) in [6, 6.07) is 4.67. The van der Waals surface area contributed by atoms with E-state index in [1.165, 1.54) is 19.2 Å². The predicted octanol–water partition coefficient (Wildman–Crippen LogP) is 4.55. The topological polar surface area (TPSA) is 102 Å². The zero-order valence-electron chi connectivity index (χ0n) is 18.6. The van der Waals surface area contributed by atoms with Crippen molar-refractivity contribution >= 4 is 39.1 Å². The Morgan fingerprint density at radius 1 is 1.06 bits per heavy atom. The minimum absolute atomic E-state index is 0.0545. The number of halogens is 4. The van der Waals surface area contributed by atoms with E-state index >= 15 is 0 Å². The Kier molecular flexibility index (Phi) is 6.76. The number of hydrogen-bond donors (Lipinski definition) is 2. The molecule has 3 aliphatic carbocycles. The number of carbonyl (C=O) groups is 2. The molecule has 2 unspecified atom stereocenters. The summed E-state index contributed by atoms with van der Waals surface area (Å²) >= 11 is 6.19. The highest BCUT2D eigenvalue weighted by Crippen LogP contribution is 2.53. The third kappa shape index (κ3) is 4.58. The molecule has 2 aromatic carbocycles. The monoisotopic (exact) mass is 530 g/mol. The maximum Gasteiger partial charge on any atom is 0.407 e. The standard InChI is InChI=1S/C23H22ClF3N2O5S/c1-10-14-8-13(9-15(10)21(14)29-23(31)34-2)35(32,33)19-5-11(3-4-16(19)24)22(30)28-12-6-17(25)20(27)18(26)7-12/h3-7,10,13-15,21H,8-9H2,1-2H3,(H,28,30)(H,29,31)/t10-,13?,14?,15?,21+. The normalized spacial score (nSPS) is 25.4. The van der Waals surface area contributed by atoms with Crippen molar-refractivity contribution in [1.82, 2.24) is 5.32 Å². The molecule has 0 heterocycles. The van der Waals surface area contributed by atoms with Crippen molar-refractivity contribution in [2.75, 3.05) is 12.4 Å². The number of carbonyl (C=O) groups excluding carboxylic acids is 2. The second-order valence-electron chi connectivity index (χ2n) is 8.84. The molecule has 12 heteroatoms. The highest BCUT2D eigenvalue weighted by atomic mass is 35.5. The molecule has 35 heavy (non-hydrogen) atoms. The van der Waals surface area contributed by atoms with Crippen molar-refractivity contribution in [3.63, 3.8) is 0 Å². The highest BCUT2D eigenvalue weighted by molar-refractivity contribution is 7.92. The van der Waals surface area contributed by atoms with Crippen molar-refractivity contribution < 1.29 is 35.9 Å². The van der Waals surface area contributed by atoms with Gasteiger partial charge in [0.1, 0.15) is 0 Å². The van der Waals surface area contributed by atoms with Gasteiger partial charge in [-0.05, 0) is 48.8 Å². The summed E-state index contributed by atoms with van der Waals surface area (Å²) in [5.41, 5.74) is -0.450. The minimum Gasteiger partial charge on any atom is -0.453 e. The SMILES string of the molecule is COC(=O)N[C@H]1C2CC(S(=O)(=O)c3cc(C(=O)Nc4cc(F)c(F)c(F)c4)ccc3Cl)CC1[C@@H]2C. The van der Waals surface area contributed by atoms with Gasteiger partial charge in [0.2, 0.25) is 0 Å². The first-order chi connectivity index (χ1) is 16.4. The van der Waals surface area contributed by atoms with Crippen LogP contribution < -0.4 is 10.6 Å². The van der Waals surface area contributed by atoms with Gasteiger partial charge in [-0.2, -0.15) is 0 Å². The number of amides is 2. The van der Waals surface area contributed by atoms with Gasteiger partial charge in [-0.3, -0.25) is 4.79 Å².